The van der Waals surface area contributed by atoms with Gasteiger partial charge in [-0.1, -0.05) is 6.07 Å². The molecule has 0 aliphatic heterocycles. The molecule has 0 saturated carbocycles. The number of thiophene rings is 1. The van der Waals surface area contributed by atoms with Gasteiger partial charge in [0.25, 0.3) is 0 Å². The number of nitrogens with zero attached hydrogens (tertiary/aromatic N) is 1. The monoisotopic (exact) mass is 218 g/mol. The Morgan fingerprint density at radius 3 is 2.80 bits per heavy atom. The largest absolute Gasteiger partial charge is 0.312 e. The van der Waals surface area contributed by atoms with Gasteiger partial charge < -0.3 is 5.32 Å². The summed E-state index contributed by atoms with van der Waals surface area (Å²) in [6, 6.07) is 8.36. The predicted octanol–water partition coefficient (Wildman–Crippen LogP) is 2.48. The minimum absolute atomic E-state index is 0.924. The summed E-state index contributed by atoms with van der Waals surface area (Å²) < 4.78 is 0. The Bertz CT molecular complexity index is 370. The van der Waals surface area contributed by atoms with Crippen molar-refractivity contribution < 1.29 is 0 Å². The molecule has 0 saturated heterocycles. The fourth-order valence-corrected chi connectivity index (χ4v) is 2.11. The van der Waals surface area contributed by atoms with Crippen LogP contribution in [-0.4, -0.2) is 11.5 Å². The van der Waals surface area contributed by atoms with Crippen LogP contribution in [0, 0.1) is 0 Å². The van der Waals surface area contributed by atoms with Crippen molar-refractivity contribution in [1.29, 1.82) is 0 Å². The molecule has 0 spiro atoms. The molecule has 0 fully saturated rings. The van der Waals surface area contributed by atoms with Crippen molar-refractivity contribution in [2.24, 2.45) is 0 Å². The van der Waals surface area contributed by atoms with Crippen LogP contribution < -0.4 is 5.32 Å². The van der Waals surface area contributed by atoms with E-state index >= 15 is 0 Å². The van der Waals surface area contributed by atoms with Crippen LogP contribution in [0.25, 0.3) is 0 Å². The zero-order valence-electron chi connectivity index (χ0n) is 8.52. The highest BCUT2D eigenvalue weighted by Crippen LogP contribution is 2.08. The molecule has 15 heavy (non-hydrogen) atoms. The van der Waals surface area contributed by atoms with Gasteiger partial charge in [0.15, 0.2) is 0 Å². The molecule has 0 atom stereocenters. The highest BCUT2D eigenvalue weighted by Gasteiger charge is 1.94. The summed E-state index contributed by atoms with van der Waals surface area (Å²) in [6.45, 7) is 1.96. The van der Waals surface area contributed by atoms with E-state index in [-0.39, 0.29) is 0 Å². The summed E-state index contributed by atoms with van der Waals surface area (Å²) in [6.07, 6.45) is 4.77. The molecule has 2 heterocycles. The predicted molar refractivity (Wildman–Crippen MR) is 64.0 cm³/mol. The van der Waals surface area contributed by atoms with Crippen molar-refractivity contribution >= 4 is 11.3 Å². The maximum absolute atomic E-state index is 3.99. The van der Waals surface area contributed by atoms with E-state index in [1.54, 1.807) is 0 Å². The van der Waals surface area contributed by atoms with Crippen LogP contribution in [0.3, 0.4) is 0 Å². The lowest BCUT2D eigenvalue weighted by molar-refractivity contribution is 0.690. The quantitative estimate of drug-likeness (QED) is 0.780. The van der Waals surface area contributed by atoms with Gasteiger partial charge in [-0.3, -0.25) is 4.98 Å². The van der Waals surface area contributed by atoms with Crippen molar-refractivity contribution in [2.75, 3.05) is 6.54 Å². The second-order valence-electron chi connectivity index (χ2n) is 3.36. The zero-order valence-corrected chi connectivity index (χ0v) is 9.33. The van der Waals surface area contributed by atoms with E-state index in [0.717, 1.165) is 19.5 Å². The smallest absolute Gasteiger partial charge is 0.0271 e. The summed E-state index contributed by atoms with van der Waals surface area (Å²) in [7, 11) is 0. The van der Waals surface area contributed by atoms with Crippen molar-refractivity contribution in [3.8, 4) is 0 Å². The SMILES string of the molecule is c1csc(CCNCc2ccncc2)c1. The molecule has 0 aliphatic carbocycles. The third-order valence-electron chi connectivity index (χ3n) is 2.21. The fourth-order valence-electron chi connectivity index (χ4n) is 1.40. The normalized spacial score (nSPS) is 10.4. The van der Waals surface area contributed by atoms with Gasteiger partial charge in [0, 0.05) is 30.4 Å². The third-order valence-corrected chi connectivity index (χ3v) is 3.14. The summed E-state index contributed by atoms with van der Waals surface area (Å²) in [5.74, 6) is 0. The molecule has 0 unspecified atom stereocenters. The van der Waals surface area contributed by atoms with Crippen LogP contribution in [-0.2, 0) is 13.0 Å². The number of nitrogens with one attached hydrogen (secondary N) is 1. The number of hydrogen-bond donors (Lipinski definition) is 1. The van der Waals surface area contributed by atoms with E-state index in [2.05, 4.69) is 27.8 Å². The van der Waals surface area contributed by atoms with Gasteiger partial charge in [-0.25, -0.2) is 0 Å². The first-order chi connectivity index (χ1) is 7.45. The maximum Gasteiger partial charge on any atom is 0.0271 e. The van der Waals surface area contributed by atoms with Gasteiger partial charge in [0.2, 0.25) is 0 Å². The van der Waals surface area contributed by atoms with Gasteiger partial charge >= 0.3 is 0 Å². The van der Waals surface area contributed by atoms with Crippen molar-refractivity contribution in [1.82, 2.24) is 10.3 Å². The number of rotatable bonds is 5. The van der Waals surface area contributed by atoms with E-state index in [4.69, 9.17) is 0 Å². The lowest BCUT2D eigenvalue weighted by Crippen LogP contribution is -2.16. The Morgan fingerprint density at radius 2 is 2.07 bits per heavy atom. The topological polar surface area (TPSA) is 24.9 Å². The molecule has 1 N–H and O–H groups in total. The molecular weight excluding hydrogens is 204 g/mol. The molecule has 0 aromatic carbocycles. The highest BCUT2D eigenvalue weighted by atomic mass is 32.1. The van der Waals surface area contributed by atoms with Gasteiger partial charge in [0.1, 0.15) is 0 Å². The van der Waals surface area contributed by atoms with Crippen molar-refractivity contribution in [3.63, 3.8) is 0 Å². The molecule has 0 radical (unpaired) electrons. The molecule has 2 aromatic heterocycles. The standard InChI is InChI=1S/C12H14N2S/c1-2-12(15-9-1)5-8-14-10-11-3-6-13-7-4-11/h1-4,6-7,9,14H,5,8,10H2. The highest BCUT2D eigenvalue weighted by molar-refractivity contribution is 7.09. The molecule has 2 aromatic rings. The molecule has 2 rings (SSSR count). The van der Waals surface area contributed by atoms with Crippen molar-refractivity contribution in [2.45, 2.75) is 13.0 Å². The third kappa shape index (κ3) is 3.46. The van der Waals surface area contributed by atoms with E-state index in [0.29, 0.717) is 0 Å². The number of hydrogen-bond acceptors (Lipinski definition) is 3. The first-order valence-corrected chi connectivity index (χ1v) is 5.95. The van der Waals surface area contributed by atoms with Crippen LogP contribution in [0.4, 0.5) is 0 Å². The molecule has 78 valence electrons. The van der Waals surface area contributed by atoms with Crippen LogP contribution >= 0.6 is 11.3 Å². The number of pyridine rings is 1. The van der Waals surface area contributed by atoms with E-state index < -0.39 is 0 Å². The van der Waals surface area contributed by atoms with Gasteiger partial charge in [-0.15, -0.1) is 11.3 Å². The van der Waals surface area contributed by atoms with Gasteiger partial charge in [-0.05, 0) is 35.6 Å². The van der Waals surface area contributed by atoms with Crippen LogP contribution in [0.2, 0.25) is 0 Å². The maximum atomic E-state index is 3.99. The molecule has 2 nitrogen and oxygen atoms in total. The summed E-state index contributed by atoms with van der Waals surface area (Å²) in [4.78, 5) is 5.43. The average molecular weight is 218 g/mol. The minimum atomic E-state index is 0.924. The van der Waals surface area contributed by atoms with Gasteiger partial charge in [0.05, 0.1) is 0 Å². The molecule has 3 heteroatoms. The Balaban J connectivity index is 1.68. The molecule has 0 bridgehead atoms. The molecule has 0 aliphatic rings. The lowest BCUT2D eigenvalue weighted by atomic mass is 10.2. The second kappa shape index (κ2) is 5.63. The Morgan fingerprint density at radius 1 is 1.20 bits per heavy atom. The summed E-state index contributed by atoms with van der Waals surface area (Å²) >= 11 is 1.82. The van der Waals surface area contributed by atoms with Gasteiger partial charge in [-0.2, -0.15) is 0 Å². The average Bonchev–Trinajstić information content (AvgIpc) is 2.79. The first-order valence-electron chi connectivity index (χ1n) is 5.07. The number of aromatic nitrogens is 1. The lowest BCUT2D eigenvalue weighted by Gasteiger charge is -2.03. The Labute approximate surface area is 94.0 Å². The Hall–Kier alpha value is -1.19. The van der Waals surface area contributed by atoms with Crippen LogP contribution in [0.1, 0.15) is 10.4 Å². The summed E-state index contributed by atoms with van der Waals surface area (Å²) in [5, 5.41) is 5.54. The molecule has 0 amide bonds. The van der Waals surface area contributed by atoms with E-state index in [1.807, 2.05) is 35.9 Å². The first kappa shape index (κ1) is 10.3. The minimum Gasteiger partial charge on any atom is -0.312 e. The van der Waals surface area contributed by atoms with E-state index in [1.165, 1.54) is 10.4 Å². The zero-order chi connectivity index (χ0) is 10.3. The van der Waals surface area contributed by atoms with Crippen LogP contribution in [0.15, 0.2) is 42.0 Å². The second-order valence-corrected chi connectivity index (χ2v) is 4.39. The molecular formula is C12H14N2S. The fraction of sp³-hybridized carbons (Fsp3) is 0.250. The Kier molecular flexibility index (Phi) is 3.88. The van der Waals surface area contributed by atoms with Crippen molar-refractivity contribution in [3.05, 3.63) is 52.5 Å². The van der Waals surface area contributed by atoms with Crippen LogP contribution in [0.5, 0.6) is 0 Å². The summed E-state index contributed by atoms with van der Waals surface area (Å²) in [5.41, 5.74) is 1.29. The van der Waals surface area contributed by atoms with E-state index in [9.17, 15) is 0 Å².